The maximum atomic E-state index is 3.52. The summed E-state index contributed by atoms with van der Waals surface area (Å²) in [4.78, 5) is 5.69. The maximum absolute atomic E-state index is 3.52. The normalized spacial score (nSPS) is 23.9. The minimum atomic E-state index is 0.559. The molecule has 2 heterocycles. The van der Waals surface area contributed by atoms with Gasteiger partial charge < -0.3 is 5.32 Å². The van der Waals surface area contributed by atoms with Crippen LogP contribution in [-0.4, -0.2) is 23.0 Å². The lowest BCUT2D eigenvalue weighted by Crippen LogP contribution is -2.33. The fourth-order valence-corrected chi connectivity index (χ4v) is 4.19. The Balaban J connectivity index is 2.01. The van der Waals surface area contributed by atoms with Gasteiger partial charge in [0.1, 0.15) is 0 Å². The number of hydrogen-bond donors (Lipinski definition) is 1. The molecule has 3 heteroatoms. The second-order valence-electron chi connectivity index (χ2n) is 6.49. The fourth-order valence-electron chi connectivity index (χ4n) is 3.18. The summed E-state index contributed by atoms with van der Waals surface area (Å²) in [6, 6.07) is 4.52. The Bertz CT molecular complexity index is 425. The molecule has 0 aromatic carbocycles. The van der Waals surface area contributed by atoms with Gasteiger partial charge in [-0.2, -0.15) is 0 Å². The Morgan fingerprint density at radius 1 is 1.40 bits per heavy atom. The molecule has 0 amide bonds. The first kappa shape index (κ1) is 16.0. The van der Waals surface area contributed by atoms with Crippen LogP contribution in [0.1, 0.15) is 62.3 Å². The van der Waals surface area contributed by atoms with Crippen LogP contribution < -0.4 is 5.32 Å². The third-order valence-electron chi connectivity index (χ3n) is 4.53. The van der Waals surface area contributed by atoms with Gasteiger partial charge in [-0.15, -0.1) is 11.3 Å². The van der Waals surface area contributed by atoms with Gasteiger partial charge in [0.2, 0.25) is 0 Å². The zero-order chi connectivity index (χ0) is 14.7. The first-order chi connectivity index (χ1) is 9.51. The highest BCUT2D eigenvalue weighted by atomic mass is 32.1. The number of hydrogen-bond acceptors (Lipinski definition) is 3. The first-order valence-corrected chi connectivity index (χ1v) is 8.90. The van der Waals surface area contributed by atoms with Crippen molar-refractivity contribution < 1.29 is 0 Å². The van der Waals surface area contributed by atoms with Crippen molar-refractivity contribution in [3.05, 3.63) is 21.4 Å². The molecule has 2 nitrogen and oxygen atoms in total. The molecule has 1 aliphatic heterocycles. The molecule has 1 fully saturated rings. The lowest BCUT2D eigenvalue weighted by atomic mass is 10.1. The summed E-state index contributed by atoms with van der Waals surface area (Å²) in [5, 5.41) is 3.52. The number of nitrogens with zero attached hydrogens (tertiary/aromatic N) is 1. The average molecular weight is 295 g/mol. The lowest BCUT2D eigenvalue weighted by molar-refractivity contribution is 0.189. The van der Waals surface area contributed by atoms with Crippen LogP contribution in [-0.2, 0) is 13.1 Å². The lowest BCUT2D eigenvalue weighted by Gasteiger charge is -2.27. The number of rotatable bonds is 6. The Morgan fingerprint density at radius 3 is 2.80 bits per heavy atom. The molecule has 1 aromatic rings. The molecular weight excluding hydrogens is 264 g/mol. The maximum Gasteiger partial charge on any atom is 0.0302 e. The molecule has 2 unspecified atom stereocenters. The van der Waals surface area contributed by atoms with Crippen LogP contribution in [0.2, 0.25) is 0 Å². The summed E-state index contributed by atoms with van der Waals surface area (Å²) < 4.78 is 0. The summed E-state index contributed by atoms with van der Waals surface area (Å²) >= 11 is 1.96. The number of likely N-dealkylation sites (tertiary alicyclic amines) is 1. The molecule has 0 aliphatic carbocycles. The molecule has 1 saturated heterocycles. The van der Waals surface area contributed by atoms with Gasteiger partial charge in [-0.05, 0) is 44.7 Å². The van der Waals surface area contributed by atoms with Gasteiger partial charge in [-0.3, -0.25) is 4.90 Å². The molecule has 20 heavy (non-hydrogen) atoms. The van der Waals surface area contributed by atoms with E-state index in [9.17, 15) is 0 Å². The second-order valence-corrected chi connectivity index (χ2v) is 7.83. The average Bonchev–Trinajstić information content (AvgIpc) is 2.92. The van der Waals surface area contributed by atoms with Crippen molar-refractivity contribution in [2.24, 2.45) is 0 Å². The molecule has 1 N–H and O–H groups in total. The minimum Gasteiger partial charge on any atom is -0.310 e. The zero-order valence-electron chi connectivity index (χ0n) is 13.7. The Kier molecular flexibility index (Phi) is 5.65. The van der Waals surface area contributed by atoms with Gasteiger partial charge in [0.05, 0.1) is 0 Å². The fraction of sp³-hybridized carbons (Fsp3) is 0.765. The third-order valence-corrected chi connectivity index (χ3v) is 5.63. The van der Waals surface area contributed by atoms with E-state index in [2.05, 4.69) is 50.9 Å². The van der Waals surface area contributed by atoms with Crippen molar-refractivity contribution in [3.63, 3.8) is 0 Å². The van der Waals surface area contributed by atoms with Gasteiger partial charge in [0.25, 0.3) is 0 Å². The SMILES string of the molecule is CCC1CCC(C)N1Cc1cc(CNC(C)C)sc1C. The van der Waals surface area contributed by atoms with Crippen molar-refractivity contribution in [2.45, 2.75) is 85.1 Å². The largest absolute Gasteiger partial charge is 0.310 e. The predicted molar refractivity (Wildman–Crippen MR) is 89.3 cm³/mol. The van der Waals surface area contributed by atoms with E-state index in [1.54, 1.807) is 5.56 Å². The van der Waals surface area contributed by atoms with E-state index in [4.69, 9.17) is 0 Å². The summed E-state index contributed by atoms with van der Waals surface area (Å²) in [6.07, 6.45) is 4.03. The Labute approximate surface area is 128 Å². The van der Waals surface area contributed by atoms with Crippen LogP contribution >= 0.6 is 11.3 Å². The number of thiophene rings is 1. The zero-order valence-corrected chi connectivity index (χ0v) is 14.5. The molecule has 1 aromatic heterocycles. The van der Waals surface area contributed by atoms with Crippen molar-refractivity contribution in [1.29, 1.82) is 0 Å². The molecule has 0 radical (unpaired) electrons. The smallest absolute Gasteiger partial charge is 0.0302 e. The Morgan fingerprint density at radius 2 is 2.15 bits per heavy atom. The van der Waals surface area contributed by atoms with Crippen molar-refractivity contribution >= 4 is 11.3 Å². The molecule has 2 rings (SSSR count). The molecule has 0 bridgehead atoms. The first-order valence-electron chi connectivity index (χ1n) is 8.08. The minimum absolute atomic E-state index is 0.559. The topological polar surface area (TPSA) is 15.3 Å². The quantitative estimate of drug-likeness (QED) is 0.840. The summed E-state index contributed by atoms with van der Waals surface area (Å²) in [6.45, 7) is 13.6. The van der Waals surface area contributed by atoms with E-state index < -0.39 is 0 Å². The second kappa shape index (κ2) is 7.06. The van der Waals surface area contributed by atoms with E-state index in [0.29, 0.717) is 6.04 Å². The monoisotopic (exact) mass is 294 g/mol. The molecule has 114 valence electrons. The highest BCUT2D eigenvalue weighted by molar-refractivity contribution is 7.12. The van der Waals surface area contributed by atoms with E-state index in [0.717, 1.165) is 25.2 Å². The number of nitrogens with one attached hydrogen (secondary N) is 1. The van der Waals surface area contributed by atoms with Gasteiger partial charge >= 0.3 is 0 Å². The molecule has 1 aliphatic rings. The van der Waals surface area contributed by atoms with E-state index >= 15 is 0 Å². The van der Waals surface area contributed by atoms with Crippen LogP contribution in [0.4, 0.5) is 0 Å². The van der Waals surface area contributed by atoms with Gasteiger partial charge in [0.15, 0.2) is 0 Å². The van der Waals surface area contributed by atoms with Crippen LogP contribution in [0.3, 0.4) is 0 Å². The standard InChI is InChI=1S/C17H30N2S/c1-6-16-8-7-13(4)19(16)11-15-9-17(20-14(15)5)10-18-12(2)3/h9,12-13,16,18H,6-8,10-11H2,1-5H3. The van der Waals surface area contributed by atoms with Crippen LogP contribution in [0.5, 0.6) is 0 Å². The summed E-state index contributed by atoms with van der Waals surface area (Å²) in [7, 11) is 0. The molecule has 0 spiro atoms. The van der Waals surface area contributed by atoms with Gasteiger partial charge in [-0.1, -0.05) is 20.8 Å². The Hall–Kier alpha value is -0.380. The van der Waals surface area contributed by atoms with Crippen molar-refractivity contribution in [1.82, 2.24) is 10.2 Å². The summed E-state index contributed by atoms with van der Waals surface area (Å²) in [5.41, 5.74) is 1.54. The third kappa shape index (κ3) is 3.84. The highest BCUT2D eigenvalue weighted by Crippen LogP contribution is 2.30. The van der Waals surface area contributed by atoms with E-state index in [1.807, 2.05) is 11.3 Å². The highest BCUT2D eigenvalue weighted by Gasteiger charge is 2.29. The van der Waals surface area contributed by atoms with Crippen molar-refractivity contribution in [3.8, 4) is 0 Å². The summed E-state index contributed by atoms with van der Waals surface area (Å²) in [5.74, 6) is 0. The van der Waals surface area contributed by atoms with Crippen LogP contribution in [0.15, 0.2) is 6.07 Å². The van der Waals surface area contributed by atoms with Crippen LogP contribution in [0, 0.1) is 6.92 Å². The van der Waals surface area contributed by atoms with Crippen molar-refractivity contribution in [2.75, 3.05) is 0 Å². The molecule has 2 atom stereocenters. The van der Waals surface area contributed by atoms with E-state index in [1.165, 1.54) is 29.0 Å². The molecular formula is C17H30N2S. The number of aryl methyl sites for hydroxylation is 1. The van der Waals surface area contributed by atoms with Crippen LogP contribution in [0.25, 0.3) is 0 Å². The van der Waals surface area contributed by atoms with Gasteiger partial charge in [-0.25, -0.2) is 0 Å². The van der Waals surface area contributed by atoms with E-state index in [-0.39, 0.29) is 0 Å². The van der Waals surface area contributed by atoms with Gasteiger partial charge in [0, 0.05) is 41.0 Å². The molecule has 0 saturated carbocycles. The predicted octanol–water partition coefficient (Wildman–Crippen LogP) is 4.32.